The summed E-state index contributed by atoms with van der Waals surface area (Å²) in [6.45, 7) is 4.98. The molecular weight excluding hydrogens is 270 g/mol. The van der Waals surface area contributed by atoms with Gasteiger partial charge >= 0.3 is 0 Å². The molecule has 0 aliphatic rings. The molecule has 0 bridgehead atoms. The summed E-state index contributed by atoms with van der Waals surface area (Å²) in [7, 11) is 3.24. The molecule has 0 atom stereocenters. The molecule has 0 aliphatic heterocycles. The molecule has 0 saturated carbocycles. The normalized spacial score (nSPS) is 10.4. The molecule has 6 nitrogen and oxygen atoms in total. The first-order chi connectivity index (χ1) is 10.2. The topological polar surface area (TPSA) is 63.7 Å². The summed E-state index contributed by atoms with van der Waals surface area (Å²) < 4.78 is 10.1. The van der Waals surface area contributed by atoms with Gasteiger partial charge in [0.1, 0.15) is 5.69 Å². The predicted molar refractivity (Wildman–Crippen MR) is 82.7 cm³/mol. The average molecular weight is 295 g/mol. The zero-order valence-electron chi connectivity index (χ0n) is 13.1. The van der Waals surface area contributed by atoms with Crippen molar-refractivity contribution in [3.63, 3.8) is 0 Å². The molecule has 0 fully saturated rings. The highest BCUT2D eigenvalue weighted by atomic mass is 16.5. The highest BCUT2D eigenvalue weighted by molar-refractivity contribution is 5.93. The van der Waals surface area contributed by atoms with Crippen LogP contribution in [-0.2, 0) is 9.47 Å². The van der Waals surface area contributed by atoms with Crippen LogP contribution >= 0.6 is 0 Å². The van der Waals surface area contributed by atoms with Crippen molar-refractivity contribution >= 4 is 11.6 Å². The van der Waals surface area contributed by atoms with Crippen molar-refractivity contribution in [1.82, 2.24) is 9.88 Å². The maximum absolute atomic E-state index is 12.5. The molecule has 1 heterocycles. The molecule has 0 spiro atoms. The quantitative estimate of drug-likeness (QED) is 0.711. The Morgan fingerprint density at radius 3 is 2.52 bits per heavy atom. The number of rotatable bonds is 10. The largest absolute Gasteiger partial charge is 0.385 e. The Kier molecular flexibility index (Phi) is 8.38. The Bertz CT molecular complexity index is 418. The molecule has 6 heteroatoms. The van der Waals surface area contributed by atoms with Crippen LogP contribution in [0, 0.1) is 0 Å². The van der Waals surface area contributed by atoms with E-state index in [2.05, 4.69) is 17.2 Å². The maximum Gasteiger partial charge on any atom is 0.272 e. The Labute approximate surface area is 126 Å². The summed E-state index contributed by atoms with van der Waals surface area (Å²) in [6, 6.07) is 3.64. The summed E-state index contributed by atoms with van der Waals surface area (Å²) in [5.41, 5.74) is 1.34. The Hall–Kier alpha value is -1.66. The van der Waals surface area contributed by atoms with Crippen molar-refractivity contribution in [3.8, 4) is 0 Å². The van der Waals surface area contributed by atoms with E-state index in [9.17, 15) is 4.79 Å². The lowest BCUT2D eigenvalue weighted by atomic mass is 10.2. The Balaban J connectivity index is 2.76. The van der Waals surface area contributed by atoms with E-state index in [1.165, 1.54) is 0 Å². The van der Waals surface area contributed by atoms with Gasteiger partial charge in [0.15, 0.2) is 0 Å². The second kappa shape index (κ2) is 10.1. The molecule has 0 unspecified atom stereocenters. The lowest BCUT2D eigenvalue weighted by molar-refractivity contribution is 0.0622. The van der Waals surface area contributed by atoms with Crippen molar-refractivity contribution in [2.45, 2.75) is 13.3 Å². The molecule has 21 heavy (non-hydrogen) atoms. The van der Waals surface area contributed by atoms with E-state index in [4.69, 9.17) is 9.47 Å². The monoisotopic (exact) mass is 295 g/mol. The first-order valence-electron chi connectivity index (χ1n) is 7.20. The first kappa shape index (κ1) is 17.4. The van der Waals surface area contributed by atoms with E-state index in [0.717, 1.165) is 18.7 Å². The van der Waals surface area contributed by atoms with Gasteiger partial charge in [-0.15, -0.1) is 0 Å². The van der Waals surface area contributed by atoms with E-state index in [1.54, 1.807) is 31.4 Å². The van der Waals surface area contributed by atoms with Gasteiger partial charge in [-0.3, -0.25) is 9.78 Å². The molecule has 1 aromatic rings. The number of hydrogen-bond donors (Lipinski definition) is 1. The van der Waals surface area contributed by atoms with Crippen LogP contribution in [-0.4, -0.2) is 62.9 Å². The molecule has 0 aliphatic carbocycles. The second-order valence-corrected chi connectivity index (χ2v) is 4.63. The van der Waals surface area contributed by atoms with Crippen LogP contribution < -0.4 is 5.32 Å². The second-order valence-electron chi connectivity index (χ2n) is 4.63. The van der Waals surface area contributed by atoms with E-state index < -0.39 is 0 Å². The fourth-order valence-electron chi connectivity index (χ4n) is 1.81. The number of anilines is 1. The lowest BCUT2D eigenvalue weighted by Gasteiger charge is -2.21. The van der Waals surface area contributed by atoms with E-state index in [0.29, 0.717) is 32.0 Å². The molecular formula is C15H25N3O3. The van der Waals surface area contributed by atoms with Gasteiger partial charge in [-0.2, -0.15) is 0 Å². The number of carbonyl (C=O) groups excluding carboxylic acids is 1. The number of nitrogens with zero attached hydrogens (tertiary/aromatic N) is 2. The predicted octanol–water partition coefficient (Wildman–Crippen LogP) is 1.64. The number of hydrogen-bond acceptors (Lipinski definition) is 5. The number of pyridine rings is 1. The van der Waals surface area contributed by atoms with E-state index in [-0.39, 0.29) is 5.91 Å². The van der Waals surface area contributed by atoms with Gasteiger partial charge in [0.2, 0.25) is 0 Å². The third kappa shape index (κ3) is 6.10. The maximum atomic E-state index is 12.5. The van der Waals surface area contributed by atoms with Gasteiger partial charge in [-0.05, 0) is 18.6 Å². The van der Waals surface area contributed by atoms with Crippen LogP contribution in [0.1, 0.15) is 23.8 Å². The molecule has 1 aromatic heterocycles. The van der Waals surface area contributed by atoms with Crippen molar-refractivity contribution in [2.75, 3.05) is 52.4 Å². The average Bonchev–Trinajstić information content (AvgIpc) is 2.53. The number of amides is 1. The van der Waals surface area contributed by atoms with Crippen molar-refractivity contribution < 1.29 is 14.3 Å². The minimum absolute atomic E-state index is 0.107. The fourth-order valence-corrected chi connectivity index (χ4v) is 1.81. The molecule has 0 saturated heterocycles. The third-order valence-electron chi connectivity index (χ3n) is 2.98. The summed E-state index contributed by atoms with van der Waals surface area (Å²) >= 11 is 0. The third-order valence-corrected chi connectivity index (χ3v) is 2.98. The van der Waals surface area contributed by atoms with Crippen molar-refractivity contribution in [1.29, 1.82) is 0 Å². The van der Waals surface area contributed by atoms with Gasteiger partial charge in [0.25, 0.3) is 5.91 Å². The standard InChI is InChI=1S/C15H25N3O3/c1-4-6-16-13-5-7-17-14(12-13)15(19)18(8-10-20-2)9-11-21-3/h5,7,12H,4,6,8-11H2,1-3H3,(H,16,17). The minimum atomic E-state index is -0.107. The molecule has 1 amide bonds. The van der Waals surface area contributed by atoms with Crippen LogP contribution in [0.4, 0.5) is 5.69 Å². The van der Waals surface area contributed by atoms with Gasteiger partial charge in [-0.1, -0.05) is 6.92 Å². The van der Waals surface area contributed by atoms with E-state index >= 15 is 0 Å². The van der Waals surface area contributed by atoms with Crippen LogP contribution in [0.25, 0.3) is 0 Å². The van der Waals surface area contributed by atoms with Gasteiger partial charge in [0, 0.05) is 45.7 Å². The highest BCUT2D eigenvalue weighted by Crippen LogP contribution is 2.10. The molecule has 0 aromatic carbocycles. The van der Waals surface area contributed by atoms with Gasteiger partial charge in [-0.25, -0.2) is 0 Å². The lowest BCUT2D eigenvalue weighted by Crippen LogP contribution is -2.37. The van der Waals surface area contributed by atoms with Crippen LogP contribution in [0.3, 0.4) is 0 Å². The zero-order chi connectivity index (χ0) is 15.5. The molecule has 0 radical (unpaired) electrons. The van der Waals surface area contributed by atoms with Crippen LogP contribution in [0.2, 0.25) is 0 Å². The van der Waals surface area contributed by atoms with E-state index in [1.807, 2.05) is 6.07 Å². The van der Waals surface area contributed by atoms with Gasteiger partial charge < -0.3 is 19.7 Å². The molecule has 1 rings (SSSR count). The SMILES string of the molecule is CCCNc1ccnc(C(=O)N(CCOC)CCOC)c1. The Morgan fingerprint density at radius 1 is 1.29 bits per heavy atom. The number of methoxy groups -OCH3 is 2. The fraction of sp³-hybridized carbons (Fsp3) is 0.600. The highest BCUT2D eigenvalue weighted by Gasteiger charge is 2.16. The minimum Gasteiger partial charge on any atom is -0.385 e. The first-order valence-corrected chi connectivity index (χ1v) is 7.20. The Morgan fingerprint density at radius 2 is 1.95 bits per heavy atom. The number of carbonyl (C=O) groups is 1. The molecule has 1 N–H and O–H groups in total. The van der Waals surface area contributed by atoms with Crippen molar-refractivity contribution in [2.24, 2.45) is 0 Å². The number of ether oxygens (including phenoxy) is 2. The van der Waals surface area contributed by atoms with Crippen molar-refractivity contribution in [3.05, 3.63) is 24.0 Å². The summed E-state index contributed by atoms with van der Waals surface area (Å²) in [4.78, 5) is 18.4. The summed E-state index contributed by atoms with van der Waals surface area (Å²) in [6.07, 6.45) is 2.68. The zero-order valence-corrected chi connectivity index (χ0v) is 13.1. The van der Waals surface area contributed by atoms with Crippen LogP contribution in [0.15, 0.2) is 18.3 Å². The summed E-state index contributed by atoms with van der Waals surface area (Å²) in [5, 5.41) is 3.25. The summed E-state index contributed by atoms with van der Waals surface area (Å²) in [5.74, 6) is -0.107. The smallest absolute Gasteiger partial charge is 0.272 e. The number of nitrogens with one attached hydrogen (secondary N) is 1. The van der Waals surface area contributed by atoms with Crippen LogP contribution in [0.5, 0.6) is 0 Å². The molecule has 118 valence electrons. The van der Waals surface area contributed by atoms with Gasteiger partial charge in [0.05, 0.1) is 13.2 Å². The number of aromatic nitrogens is 1.